The van der Waals surface area contributed by atoms with Crippen LogP contribution in [-0.4, -0.2) is 29.2 Å². The molecule has 0 aliphatic heterocycles. The second-order valence-corrected chi connectivity index (χ2v) is 6.93. The summed E-state index contributed by atoms with van der Waals surface area (Å²) in [6, 6.07) is 0.204. The summed E-state index contributed by atoms with van der Waals surface area (Å²) < 4.78 is 0. The lowest BCUT2D eigenvalue weighted by Crippen LogP contribution is -2.46. The van der Waals surface area contributed by atoms with E-state index in [1.54, 1.807) is 0 Å². The van der Waals surface area contributed by atoms with E-state index in [9.17, 15) is 9.90 Å². The van der Waals surface area contributed by atoms with Gasteiger partial charge in [0.1, 0.15) is 0 Å². The van der Waals surface area contributed by atoms with Crippen LogP contribution in [0.2, 0.25) is 0 Å². The van der Waals surface area contributed by atoms with Crippen molar-refractivity contribution in [2.75, 3.05) is 6.54 Å². The highest BCUT2D eigenvalue weighted by molar-refractivity contribution is 5.78. The number of hydrogen-bond donors (Lipinski definition) is 3. The Balaban J connectivity index is 2.24. The SMILES string of the molecule is CC(N)CCCC(C)C(=O)NCC1(O)CCC(C)CC1. The molecule has 0 bridgehead atoms. The molecule has 4 N–H and O–H groups in total. The third kappa shape index (κ3) is 6.23. The van der Waals surface area contributed by atoms with E-state index in [-0.39, 0.29) is 17.9 Å². The van der Waals surface area contributed by atoms with Crippen LogP contribution >= 0.6 is 0 Å². The summed E-state index contributed by atoms with van der Waals surface area (Å²) >= 11 is 0. The maximum atomic E-state index is 12.0. The molecule has 0 aromatic heterocycles. The fraction of sp³-hybridized carbons (Fsp3) is 0.938. The number of carbonyl (C=O) groups excluding carboxylic acids is 1. The zero-order valence-corrected chi connectivity index (χ0v) is 13.3. The van der Waals surface area contributed by atoms with Gasteiger partial charge < -0.3 is 16.2 Å². The second-order valence-electron chi connectivity index (χ2n) is 6.93. The minimum absolute atomic E-state index is 0.000126. The third-order valence-corrected chi connectivity index (χ3v) is 4.54. The van der Waals surface area contributed by atoms with E-state index in [0.717, 1.165) is 44.9 Å². The van der Waals surface area contributed by atoms with Gasteiger partial charge in [0.25, 0.3) is 0 Å². The predicted molar refractivity (Wildman–Crippen MR) is 82.3 cm³/mol. The van der Waals surface area contributed by atoms with Crippen molar-refractivity contribution in [3.05, 3.63) is 0 Å². The van der Waals surface area contributed by atoms with Crippen LogP contribution in [-0.2, 0) is 4.79 Å². The lowest BCUT2D eigenvalue weighted by molar-refractivity contribution is -0.126. The van der Waals surface area contributed by atoms with Gasteiger partial charge >= 0.3 is 0 Å². The van der Waals surface area contributed by atoms with Crippen LogP contribution < -0.4 is 11.1 Å². The Hall–Kier alpha value is -0.610. The standard InChI is InChI=1S/C16H32N2O2/c1-12-7-9-16(20,10-8-12)11-18-15(19)13(2)5-4-6-14(3)17/h12-14,20H,4-11,17H2,1-3H3,(H,18,19). The molecule has 1 aliphatic carbocycles. The summed E-state index contributed by atoms with van der Waals surface area (Å²) in [6.45, 7) is 6.56. The zero-order valence-electron chi connectivity index (χ0n) is 13.3. The largest absolute Gasteiger partial charge is 0.388 e. The molecule has 0 saturated heterocycles. The lowest BCUT2D eigenvalue weighted by Gasteiger charge is -2.35. The van der Waals surface area contributed by atoms with E-state index in [0.29, 0.717) is 12.5 Å². The first-order chi connectivity index (χ1) is 9.32. The molecular formula is C16H32N2O2. The normalized spacial score (nSPS) is 29.8. The van der Waals surface area contributed by atoms with Crippen molar-refractivity contribution in [2.24, 2.45) is 17.6 Å². The van der Waals surface area contributed by atoms with E-state index in [1.807, 2.05) is 13.8 Å². The molecule has 4 nitrogen and oxygen atoms in total. The zero-order chi connectivity index (χ0) is 15.2. The molecule has 0 heterocycles. The molecule has 2 atom stereocenters. The van der Waals surface area contributed by atoms with Gasteiger partial charge in [0, 0.05) is 18.5 Å². The fourth-order valence-electron chi connectivity index (χ4n) is 2.78. The number of rotatable bonds is 7. The van der Waals surface area contributed by atoms with Crippen LogP contribution in [0.5, 0.6) is 0 Å². The Morgan fingerprint density at radius 3 is 2.50 bits per heavy atom. The first-order valence-corrected chi connectivity index (χ1v) is 8.08. The van der Waals surface area contributed by atoms with Crippen molar-refractivity contribution in [3.63, 3.8) is 0 Å². The highest BCUT2D eigenvalue weighted by Crippen LogP contribution is 2.31. The smallest absolute Gasteiger partial charge is 0.222 e. The van der Waals surface area contributed by atoms with Gasteiger partial charge in [-0.15, -0.1) is 0 Å². The summed E-state index contributed by atoms with van der Waals surface area (Å²) in [5, 5.41) is 13.4. The van der Waals surface area contributed by atoms with Crippen molar-refractivity contribution in [3.8, 4) is 0 Å². The Morgan fingerprint density at radius 2 is 1.95 bits per heavy atom. The maximum Gasteiger partial charge on any atom is 0.222 e. The van der Waals surface area contributed by atoms with Gasteiger partial charge in [-0.05, 0) is 51.4 Å². The average Bonchev–Trinajstić information content (AvgIpc) is 2.39. The monoisotopic (exact) mass is 284 g/mol. The summed E-state index contributed by atoms with van der Waals surface area (Å²) in [5.74, 6) is 0.754. The molecule has 1 amide bonds. The molecular weight excluding hydrogens is 252 g/mol. The van der Waals surface area contributed by atoms with Crippen molar-refractivity contribution >= 4 is 5.91 Å². The highest BCUT2D eigenvalue weighted by Gasteiger charge is 2.32. The molecule has 0 aromatic carbocycles. The van der Waals surface area contributed by atoms with Crippen LogP contribution in [0.15, 0.2) is 0 Å². The van der Waals surface area contributed by atoms with Crippen LogP contribution in [0.3, 0.4) is 0 Å². The van der Waals surface area contributed by atoms with Gasteiger partial charge in [-0.1, -0.05) is 20.3 Å². The molecule has 20 heavy (non-hydrogen) atoms. The lowest BCUT2D eigenvalue weighted by atomic mass is 9.79. The Kier molecular flexibility index (Phi) is 6.96. The van der Waals surface area contributed by atoms with Crippen LogP contribution in [0.4, 0.5) is 0 Å². The van der Waals surface area contributed by atoms with Crippen molar-refractivity contribution in [2.45, 2.75) is 77.4 Å². The number of nitrogens with two attached hydrogens (primary N) is 1. The van der Waals surface area contributed by atoms with Crippen molar-refractivity contribution in [1.29, 1.82) is 0 Å². The van der Waals surface area contributed by atoms with Gasteiger partial charge in [0.15, 0.2) is 0 Å². The molecule has 0 spiro atoms. The van der Waals surface area contributed by atoms with Crippen molar-refractivity contribution < 1.29 is 9.90 Å². The second kappa shape index (κ2) is 7.99. The number of aliphatic hydroxyl groups is 1. The highest BCUT2D eigenvalue weighted by atomic mass is 16.3. The van der Waals surface area contributed by atoms with E-state index in [4.69, 9.17) is 5.73 Å². The van der Waals surface area contributed by atoms with Crippen LogP contribution in [0.25, 0.3) is 0 Å². The molecule has 1 saturated carbocycles. The predicted octanol–water partition coefficient (Wildman–Crippen LogP) is 2.20. The maximum absolute atomic E-state index is 12.0. The van der Waals surface area contributed by atoms with Gasteiger partial charge in [-0.2, -0.15) is 0 Å². The number of amides is 1. The number of hydrogen-bond acceptors (Lipinski definition) is 3. The molecule has 1 aliphatic rings. The number of carbonyl (C=O) groups is 1. The first-order valence-electron chi connectivity index (χ1n) is 8.08. The quantitative estimate of drug-likeness (QED) is 0.671. The third-order valence-electron chi connectivity index (χ3n) is 4.54. The first kappa shape index (κ1) is 17.4. The van der Waals surface area contributed by atoms with E-state index >= 15 is 0 Å². The topological polar surface area (TPSA) is 75.4 Å². The van der Waals surface area contributed by atoms with E-state index in [2.05, 4.69) is 12.2 Å². The molecule has 2 unspecified atom stereocenters. The molecule has 0 aromatic rings. The molecule has 1 fully saturated rings. The summed E-state index contributed by atoms with van der Waals surface area (Å²) in [5.41, 5.74) is 5.02. The minimum Gasteiger partial charge on any atom is -0.388 e. The Labute approximate surface area is 123 Å². The van der Waals surface area contributed by atoms with Gasteiger partial charge in [-0.3, -0.25) is 4.79 Å². The van der Waals surface area contributed by atoms with E-state index < -0.39 is 5.60 Å². The molecule has 118 valence electrons. The average molecular weight is 284 g/mol. The van der Waals surface area contributed by atoms with E-state index in [1.165, 1.54) is 0 Å². The van der Waals surface area contributed by atoms with Crippen molar-refractivity contribution in [1.82, 2.24) is 5.32 Å². The van der Waals surface area contributed by atoms with Gasteiger partial charge in [0.05, 0.1) is 5.60 Å². The van der Waals surface area contributed by atoms with Crippen LogP contribution in [0, 0.1) is 11.8 Å². The summed E-state index contributed by atoms with van der Waals surface area (Å²) in [4.78, 5) is 12.0. The number of nitrogens with one attached hydrogen (secondary N) is 1. The van der Waals surface area contributed by atoms with Gasteiger partial charge in [-0.25, -0.2) is 0 Å². The van der Waals surface area contributed by atoms with Gasteiger partial charge in [0.2, 0.25) is 5.91 Å². The fourth-order valence-corrected chi connectivity index (χ4v) is 2.78. The minimum atomic E-state index is -0.687. The van der Waals surface area contributed by atoms with Crippen LogP contribution in [0.1, 0.15) is 65.7 Å². The Bertz CT molecular complexity index is 297. The molecule has 4 heteroatoms. The summed E-state index contributed by atoms with van der Waals surface area (Å²) in [6.07, 6.45) is 6.50. The summed E-state index contributed by atoms with van der Waals surface area (Å²) in [7, 11) is 0. The molecule has 0 radical (unpaired) electrons. The Morgan fingerprint density at radius 1 is 1.35 bits per heavy atom. The molecule has 1 rings (SSSR count).